The zero-order valence-electron chi connectivity index (χ0n) is 33.9. The third-order valence-electron chi connectivity index (χ3n) is 9.43. The second-order valence-corrected chi connectivity index (χ2v) is 14.6. The van der Waals surface area contributed by atoms with Crippen LogP contribution in [0.5, 0.6) is 0 Å². The Morgan fingerprint density at radius 2 is 0.667 bits per heavy atom. The van der Waals surface area contributed by atoms with Crippen LogP contribution in [0.2, 0.25) is 0 Å². The highest BCUT2D eigenvalue weighted by Gasteiger charge is 2.19. The summed E-state index contributed by atoms with van der Waals surface area (Å²) in [4.78, 5) is 37.5. The molecule has 0 amide bonds. The Balaban J connectivity index is 4.36. The lowest BCUT2D eigenvalue weighted by molar-refractivity contribution is -0.167. The lowest BCUT2D eigenvalue weighted by Crippen LogP contribution is -2.30. The Morgan fingerprint density at radius 1 is 0.373 bits per heavy atom. The molecule has 0 fully saturated rings. The Hall–Kier alpha value is -2.11. The van der Waals surface area contributed by atoms with Gasteiger partial charge in [-0.25, -0.2) is 0 Å². The predicted octanol–water partition coefficient (Wildman–Crippen LogP) is 13.6. The van der Waals surface area contributed by atoms with E-state index in [0.29, 0.717) is 19.3 Å². The van der Waals surface area contributed by atoms with E-state index in [1.165, 1.54) is 96.3 Å². The summed E-state index contributed by atoms with van der Waals surface area (Å²) in [5.41, 5.74) is 0. The number of unbranched alkanes of at least 4 members (excludes halogenated alkanes) is 24. The SMILES string of the molecule is CCCC/C=C\CCCCCCC(=O)OC(COC(=O)CCCCC/C=C\CCCCCCCCC)COC(=O)CCCCCCCCCCC. The quantitative estimate of drug-likeness (QED) is 0.0272. The van der Waals surface area contributed by atoms with Crippen molar-refractivity contribution in [2.45, 2.75) is 232 Å². The van der Waals surface area contributed by atoms with Crippen molar-refractivity contribution in [2.24, 2.45) is 0 Å². The van der Waals surface area contributed by atoms with E-state index in [1.807, 2.05) is 0 Å². The topological polar surface area (TPSA) is 78.9 Å². The summed E-state index contributed by atoms with van der Waals surface area (Å²) >= 11 is 0. The van der Waals surface area contributed by atoms with Crippen molar-refractivity contribution >= 4 is 17.9 Å². The molecular formula is C45H82O6. The zero-order valence-corrected chi connectivity index (χ0v) is 33.9. The first-order valence-corrected chi connectivity index (χ1v) is 21.8. The first-order chi connectivity index (χ1) is 25.0. The minimum absolute atomic E-state index is 0.0785. The minimum atomic E-state index is -0.775. The molecule has 1 atom stereocenters. The van der Waals surface area contributed by atoms with Gasteiger partial charge >= 0.3 is 17.9 Å². The third-order valence-corrected chi connectivity index (χ3v) is 9.43. The Kier molecular flexibility index (Phi) is 39.0. The summed E-state index contributed by atoms with van der Waals surface area (Å²) in [5, 5.41) is 0. The number of rotatable bonds is 39. The van der Waals surface area contributed by atoms with Gasteiger partial charge in [0.15, 0.2) is 6.10 Å². The summed E-state index contributed by atoms with van der Waals surface area (Å²) in [6.07, 6.45) is 43.1. The normalized spacial score (nSPS) is 12.1. The molecule has 0 N–H and O–H groups in total. The van der Waals surface area contributed by atoms with E-state index in [4.69, 9.17) is 14.2 Å². The maximum absolute atomic E-state index is 12.6. The van der Waals surface area contributed by atoms with Crippen molar-refractivity contribution in [1.82, 2.24) is 0 Å². The maximum atomic E-state index is 12.6. The van der Waals surface area contributed by atoms with Gasteiger partial charge in [0.2, 0.25) is 0 Å². The van der Waals surface area contributed by atoms with E-state index in [0.717, 1.165) is 89.9 Å². The summed E-state index contributed by atoms with van der Waals surface area (Å²) in [6.45, 7) is 6.54. The van der Waals surface area contributed by atoms with Crippen LogP contribution in [0.25, 0.3) is 0 Å². The standard InChI is InChI=1S/C45H82O6/c1-4-7-10-13-16-19-21-22-23-24-27-29-32-35-38-44(47)50-41-42(40-49-43(46)37-34-31-28-25-18-15-12-9-6-3)51-45(48)39-36-33-30-26-20-17-14-11-8-5-2/h14,17,23-24,42H,4-13,15-16,18-22,25-41H2,1-3H3/b17-14-,24-23-. The van der Waals surface area contributed by atoms with Crippen molar-refractivity contribution in [3.63, 3.8) is 0 Å². The molecule has 0 aliphatic carbocycles. The van der Waals surface area contributed by atoms with Gasteiger partial charge in [0.25, 0.3) is 0 Å². The molecule has 0 heterocycles. The van der Waals surface area contributed by atoms with E-state index in [-0.39, 0.29) is 31.1 Å². The smallest absolute Gasteiger partial charge is 0.306 e. The number of hydrogen-bond donors (Lipinski definition) is 0. The number of ether oxygens (including phenoxy) is 3. The van der Waals surface area contributed by atoms with Crippen molar-refractivity contribution < 1.29 is 28.6 Å². The van der Waals surface area contributed by atoms with Crippen LogP contribution in [-0.4, -0.2) is 37.2 Å². The van der Waals surface area contributed by atoms with Crippen LogP contribution in [0.1, 0.15) is 226 Å². The molecule has 0 saturated carbocycles. The van der Waals surface area contributed by atoms with Crippen LogP contribution in [0.4, 0.5) is 0 Å². The highest BCUT2D eigenvalue weighted by molar-refractivity contribution is 5.71. The van der Waals surface area contributed by atoms with Gasteiger partial charge in [-0.3, -0.25) is 14.4 Å². The van der Waals surface area contributed by atoms with Crippen LogP contribution in [0.3, 0.4) is 0 Å². The molecular weight excluding hydrogens is 636 g/mol. The second kappa shape index (κ2) is 40.7. The fourth-order valence-corrected chi connectivity index (χ4v) is 6.06. The maximum Gasteiger partial charge on any atom is 0.306 e. The molecule has 0 aromatic carbocycles. The van der Waals surface area contributed by atoms with Crippen molar-refractivity contribution in [2.75, 3.05) is 13.2 Å². The van der Waals surface area contributed by atoms with Gasteiger partial charge in [0, 0.05) is 19.3 Å². The second-order valence-electron chi connectivity index (χ2n) is 14.6. The fourth-order valence-electron chi connectivity index (χ4n) is 6.06. The predicted molar refractivity (Wildman–Crippen MR) is 215 cm³/mol. The van der Waals surface area contributed by atoms with Gasteiger partial charge in [-0.05, 0) is 64.2 Å². The Labute approximate surface area is 315 Å². The molecule has 0 radical (unpaired) electrons. The average Bonchev–Trinajstić information content (AvgIpc) is 3.12. The van der Waals surface area contributed by atoms with Gasteiger partial charge < -0.3 is 14.2 Å². The number of esters is 3. The van der Waals surface area contributed by atoms with Crippen molar-refractivity contribution in [3.05, 3.63) is 24.3 Å². The lowest BCUT2D eigenvalue weighted by Gasteiger charge is -2.18. The first-order valence-electron chi connectivity index (χ1n) is 21.8. The van der Waals surface area contributed by atoms with Crippen LogP contribution in [-0.2, 0) is 28.6 Å². The monoisotopic (exact) mass is 719 g/mol. The average molecular weight is 719 g/mol. The summed E-state index contributed by atoms with van der Waals surface area (Å²) in [6, 6.07) is 0. The van der Waals surface area contributed by atoms with Gasteiger partial charge in [-0.2, -0.15) is 0 Å². The molecule has 0 aliphatic rings. The zero-order chi connectivity index (χ0) is 37.3. The fraction of sp³-hybridized carbons (Fsp3) is 0.844. The van der Waals surface area contributed by atoms with Crippen LogP contribution < -0.4 is 0 Å². The van der Waals surface area contributed by atoms with Gasteiger partial charge in [-0.15, -0.1) is 0 Å². The molecule has 0 spiro atoms. The summed E-state index contributed by atoms with van der Waals surface area (Å²) < 4.78 is 16.6. The molecule has 6 nitrogen and oxygen atoms in total. The van der Waals surface area contributed by atoms with E-state index >= 15 is 0 Å². The van der Waals surface area contributed by atoms with Crippen LogP contribution >= 0.6 is 0 Å². The van der Waals surface area contributed by atoms with Gasteiger partial charge in [0.05, 0.1) is 0 Å². The highest BCUT2D eigenvalue weighted by Crippen LogP contribution is 2.13. The number of hydrogen-bond acceptors (Lipinski definition) is 6. The van der Waals surface area contributed by atoms with Gasteiger partial charge in [-0.1, -0.05) is 167 Å². The Morgan fingerprint density at radius 3 is 1.06 bits per heavy atom. The number of allylic oxidation sites excluding steroid dienone is 4. The van der Waals surface area contributed by atoms with Gasteiger partial charge in [0.1, 0.15) is 13.2 Å². The molecule has 0 aromatic rings. The van der Waals surface area contributed by atoms with E-state index < -0.39 is 6.10 Å². The third kappa shape index (κ3) is 38.9. The molecule has 6 heteroatoms. The molecule has 0 aliphatic heterocycles. The van der Waals surface area contributed by atoms with Crippen molar-refractivity contribution in [3.8, 4) is 0 Å². The summed E-state index contributed by atoms with van der Waals surface area (Å²) in [7, 11) is 0. The Bertz CT molecular complexity index is 835. The van der Waals surface area contributed by atoms with E-state index in [2.05, 4.69) is 45.1 Å². The molecule has 0 aromatic heterocycles. The molecule has 0 rings (SSSR count). The lowest BCUT2D eigenvalue weighted by atomic mass is 10.1. The molecule has 51 heavy (non-hydrogen) atoms. The molecule has 1 unspecified atom stereocenters. The van der Waals surface area contributed by atoms with Crippen LogP contribution in [0.15, 0.2) is 24.3 Å². The van der Waals surface area contributed by atoms with Crippen molar-refractivity contribution in [1.29, 1.82) is 0 Å². The number of carbonyl (C=O) groups is 3. The number of carbonyl (C=O) groups excluding carboxylic acids is 3. The molecule has 0 bridgehead atoms. The summed E-state index contributed by atoms with van der Waals surface area (Å²) in [5.74, 6) is -0.911. The first kappa shape index (κ1) is 48.9. The highest BCUT2D eigenvalue weighted by atomic mass is 16.6. The minimum Gasteiger partial charge on any atom is -0.462 e. The molecule has 0 saturated heterocycles. The van der Waals surface area contributed by atoms with E-state index in [1.54, 1.807) is 0 Å². The van der Waals surface area contributed by atoms with E-state index in [9.17, 15) is 14.4 Å². The largest absolute Gasteiger partial charge is 0.462 e. The molecule has 298 valence electrons. The van der Waals surface area contributed by atoms with Crippen LogP contribution in [0, 0.1) is 0 Å².